The summed E-state index contributed by atoms with van der Waals surface area (Å²) in [6.07, 6.45) is 3.29. The molecule has 68 valence electrons. The molecule has 1 unspecified atom stereocenters. The van der Waals surface area contributed by atoms with E-state index in [9.17, 15) is 0 Å². The average Bonchev–Trinajstić information content (AvgIpc) is 2.02. The minimum Gasteiger partial charge on any atom is -0.394 e. The quantitative estimate of drug-likeness (QED) is 0.616. The maximum atomic E-state index is 9.08. The van der Waals surface area contributed by atoms with E-state index < -0.39 is 0 Å². The van der Waals surface area contributed by atoms with Crippen molar-refractivity contribution in [1.29, 1.82) is 0 Å². The molecule has 0 amide bonds. The van der Waals surface area contributed by atoms with Crippen LogP contribution in [0.5, 0.6) is 0 Å². The van der Waals surface area contributed by atoms with E-state index in [0.29, 0.717) is 0 Å². The van der Waals surface area contributed by atoms with Gasteiger partial charge in [0, 0.05) is 5.54 Å². The first-order chi connectivity index (χ1) is 5.18. The average molecular weight is 159 g/mol. The monoisotopic (exact) mass is 159 g/mol. The van der Waals surface area contributed by atoms with Crippen molar-refractivity contribution >= 4 is 0 Å². The van der Waals surface area contributed by atoms with E-state index in [1.807, 2.05) is 0 Å². The zero-order valence-electron chi connectivity index (χ0n) is 7.98. The molecular weight excluding hydrogens is 138 g/mol. The number of aliphatic hydroxyl groups excluding tert-OH is 1. The summed E-state index contributed by atoms with van der Waals surface area (Å²) in [6, 6.07) is 0. The molecule has 0 spiro atoms. The maximum Gasteiger partial charge on any atom is 0.0610 e. The van der Waals surface area contributed by atoms with E-state index in [1.165, 1.54) is 0 Å². The molecule has 0 heterocycles. The second-order valence-corrected chi connectivity index (χ2v) is 3.40. The largest absolute Gasteiger partial charge is 0.394 e. The first-order valence-electron chi connectivity index (χ1n) is 4.54. The fourth-order valence-electron chi connectivity index (χ4n) is 1.20. The van der Waals surface area contributed by atoms with Gasteiger partial charge in [-0.2, -0.15) is 0 Å². The Morgan fingerprint density at radius 3 is 2.27 bits per heavy atom. The van der Waals surface area contributed by atoms with Crippen LogP contribution in [-0.2, 0) is 0 Å². The lowest BCUT2D eigenvalue weighted by atomic mass is 9.97. The second kappa shape index (κ2) is 5.56. The molecule has 2 heteroatoms. The number of hydrogen-bond donors (Lipinski definition) is 2. The molecule has 0 saturated heterocycles. The van der Waals surface area contributed by atoms with Crippen LogP contribution in [0, 0.1) is 0 Å². The molecule has 0 aromatic heterocycles. The van der Waals surface area contributed by atoms with E-state index in [4.69, 9.17) is 5.11 Å². The molecule has 0 aromatic carbocycles. The third-order valence-electron chi connectivity index (χ3n) is 1.95. The van der Waals surface area contributed by atoms with E-state index in [-0.39, 0.29) is 12.1 Å². The van der Waals surface area contributed by atoms with Crippen LogP contribution in [-0.4, -0.2) is 23.8 Å². The maximum absolute atomic E-state index is 9.08. The van der Waals surface area contributed by atoms with E-state index >= 15 is 0 Å². The van der Waals surface area contributed by atoms with Crippen molar-refractivity contribution in [3.8, 4) is 0 Å². The normalized spacial score (nSPS) is 16.4. The SMILES string of the molecule is CCCNC(C)(CO)CCC. The summed E-state index contributed by atoms with van der Waals surface area (Å²) in [7, 11) is 0. The summed E-state index contributed by atoms with van der Waals surface area (Å²) in [5, 5.41) is 12.4. The molecule has 0 saturated carbocycles. The third-order valence-corrected chi connectivity index (χ3v) is 1.95. The molecule has 0 aromatic rings. The number of aliphatic hydroxyl groups is 1. The van der Waals surface area contributed by atoms with Crippen molar-refractivity contribution < 1.29 is 5.11 Å². The Kier molecular flexibility index (Phi) is 5.51. The summed E-state index contributed by atoms with van der Waals surface area (Å²) in [4.78, 5) is 0. The Morgan fingerprint density at radius 2 is 1.91 bits per heavy atom. The molecular formula is C9H21NO. The van der Waals surface area contributed by atoms with Gasteiger partial charge in [-0.05, 0) is 26.3 Å². The highest BCUT2D eigenvalue weighted by atomic mass is 16.3. The Balaban J connectivity index is 3.68. The molecule has 0 aliphatic carbocycles. The van der Waals surface area contributed by atoms with Crippen LogP contribution in [0.4, 0.5) is 0 Å². The summed E-state index contributed by atoms with van der Waals surface area (Å²) < 4.78 is 0. The molecule has 0 aliphatic heterocycles. The predicted molar refractivity (Wildman–Crippen MR) is 48.7 cm³/mol. The van der Waals surface area contributed by atoms with E-state index in [0.717, 1.165) is 25.8 Å². The number of hydrogen-bond acceptors (Lipinski definition) is 2. The van der Waals surface area contributed by atoms with Crippen molar-refractivity contribution in [1.82, 2.24) is 5.32 Å². The van der Waals surface area contributed by atoms with Gasteiger partial charge in [-0.3, -0.25) is 0 Å². The van der Waals surface area contributed by atoms with Crippen molar-refractivity contribution in [2.75, 3.05) is 13.2 Å². The molecule has 0 aliphatic rings. The van der Waals surface area contributed by atoms with Gasteiger partial charge < -0.3 is 10.4 Å². The molecule has 0 rings (SSSR count). The lowest BCUT2D eigenvalue weighted by molar-refractivity contribution is 0.165. The van der Waals surface area contributed by atoms with E-state index in [2.05, 4.69) is 26.1 Å². The highest BCUT2D eigenvalue weighted by molar-refractivity contribution is 4.80. The molecule has 1 atom stereocenters. The highest BCUT2D eigenvalue weighted by Crippen LogP contribution is 2.10. The molecule has 0 radical (unpaired) electrons. The topological polar surface area (TPSA) is 32.3 Å². The zero-order valence-corrected chi connectivity index (χ0v) is 7.98. The standard InChI is InChI=1S/C9H21NO/c1-4-6-9(3,8-11)10-7-5-2/h10-11H,4-8H2,1-3H3. The molecule has 0 fully saturated rings. The van der Waals surface area contributed by atoms with Gasteiger partial charge in [-0.1, -0.05) is 20.3 Å². The summed E-state index contributed by atoms with van der Waals surface area (Å²) in [5.74, 6) is 0. The van der Waals surface area contributed by atoms with Crippen molar-refractivity contribution in [2.45, 2.75) is 45.6 Å². The summed E-state index contributed by atoms with van der Waals surface area (Å²) >= 11 is 0. The Labute approximate surface area is 70.0 Å². The Morgan fingerprint density at radius 1 is 1.27 bits per heavy atom. The van der Waals surface area contributed by atoms with Crippen LogP contribution in [0.25, 0.3) is 0 Å². The van der Waals surface area contributed by atoms with Crippen LogP contribution in [0.1, 0.15) is 40.0 Å². The van der Waals surface area contributed by atoms with Crippen LogP contribution in [0.2, 0.25) is 0 Å². The van der Waals surface area contributed by atoms with Crippen LogP contribution in [0.15, 0.2) is 0 Å². The molecule has 0 bridgehead atoms. The van der Waals surface area contributed by atoms with Crippen molar-refractivity contribution in [2.24, 2.45) is 0 Å². The highest BCUT2D eigenvalue weighted by Gasteiger charge is 2.19. The van der Waals surface area contributed by atoms with Gasteiger partial charge in [0.15, 0.2) is 0 Å². The minimum atomic E-state index is -0.0508. The Hall–Kier alpha value is -0.0800. The van der Waals surface area contributed by atoms with Crippen LogP contribution >= 0.6 is 0 Å². The fourth-order valence-corrected chi connectivity index (χ4v) is 1.20. The van der Waals surface area contributed by atoms with Crippen LogP contribution in [0.3, 0.4) is 0 Å². The number of rotatable bonds is 6. The second-order valence-electron chi connectivity index (χ2n) is 3.40. The van der Waals surface area contributed by atoms with Gasteiger partial charge in [0.05, 0.1) is 6.61 Å². The van der Waals surface area contributed by atoms with Crippen molar-refractivity contribution in [3.05, 3.63) is 0 Å². The minimum absolute atomic E-state index is 0.0508. The van der Waals surface area contributed by atoms with Gasteiger partial charge in [0.1, 0.15) is 0 Å². The smallest absolute Gasteiger partial charge is 0.0610 e. The fraction of sp³-hybridized carbons (Fsp3) is 1.00. The predicted octanol–water partition coefficient (Wildman–Crippen LogP) is 1.54. The van der Waals surface area contributed by atoms with Gasteiger partial charge in [0.2, 0.25) is 0 Å². The molecule has 2 nitrogen and oxygen atoms in total. The number of nitrogens with one attached hydrogen (secondary N) is 1. The van der Waals surface area contributed by atoms with Gasteiger partial charge in [-0.25, -0.2) is 0 Å². The van der Waals surface area contributed by atoms with Gasteiger partial charge >= 0.3 is 0 Å². The van der Waals surface area contributed by atoms with E-state index in [1.54, 1.807) is 0 Å². The summed E-state index contributed by atoms with van der Waals surface area (Å²) in [5.41, 5.74) is -0.0508. The zero-order chi connectivity index (χ0) is 8.74. The first-order valence-corrected chi connectivity index (χ1v) is 4.54. The first kappa shape index (κ1) is 10.9. The lowest BCUT2D eigenvalue weighted by Gasteiger charge is -2.28. The molecule has 11 heavy (non-hydrogen) atoms. The van der Waals surface area contributed by atoms with Gasteiger partial charge in [-0.15, -0.1) is 0 Å². The summed E-state index contributed by atoms with van der Waals surface area (Å²) in [6.45, 7) is 7.59. The Bertz CT molecular complexity index is 95.6. The van der Waals surface area contributed by atoms with Crippen molar-refractivity contribution in [3.63, 3.8) is 0 Å². The van der Waals surface area contributed by atoms with Gasteiger partial charge in [0.25, 0.3) is 0 Å². The molecule has 2 N–H and O–H groups in total. The third kappa shape index (κ3) is 4.38. The van der Waals surface area contributed by atoms with Crippen LogP contribution < -0.4 is 5.32 Å². The lowest BCUT2D eigenvalue weighted by Crippen LogP contribution is -2.45.